The second kappa shape index (κ2) is 6.01. The third-order valence-electron chi connectivity index (χ3n) is 2.70. The van der Waals surface area contributed by atoms with Crippen LogP contribution in [0.3, 0.4) is 0 Å². The number of likely N-dealkylation sites (N-methyl/N-ethyl adjacent to an activating group) is 1. The Morgan fingerprint density at radius 2 is 2.19 bits per heavy atom. The van der Waals surface area contributed by atoms with Gasteiger partial charge in [0.2, 0.25) is 5.91 Å². The first-order valence-electron chi connectivity index (χ1n) is 5.54. The summed E-state index contributed by atoms with van der Waals surface area (Å²) in [5.74, 6) is 0.137. The van der Waals surface area contributed by atoms with Crippen LogP contribution in [-0.2, 0) is 4.79 Å². The molecule has 1 atom stereocenters. The van der Waals surface area contributed by atoms with Crippen LogP contribution in [0.15, 0.2) is 17.5 Å². The van der Waals surface area contributed by atoms with E-state index < -0.39 is 0 Å². The summed E-state index contributed by atoms with van der Waals surface area (Å²) >= 11 is 1.71. The van der Waals surface area contributed by atoms with Gasteiger partial charge < -0.3 is 10.2 Å². The van der Waals surface area contributed by atoms with E-state index >= 15 is 0 Å². The quantitative estimate of drug-likeness (QED) is 0.856. The molecule has 0 spiro atoms. The Bertz CT molecular complexity index is 322. The van der Waals surface area contributed by atoms with Crippen molar-refractivity contribution in [3.63, 3.8) is 0 Å². The van der Waals surface area contributed by atoms with Gasteiger partial charge in [-0.1, -0.05) is 6.07 Å². The van der Waals surface area contributed by atoms with Crippen LogP contribution in [0.5, 0.6) is 0 Å². The zero-order chi connectivity index (χ0) is 12.1. The van der Waals surface area contributed by atoms with Gasteiger partial charge in [0.05, 0.1) is 6.54 Å². The predicted octanol–water partition coefficient (Wildman–Crippen LogP) is 2.27. The van der Waals surface area contributed by atoms with E-state index in [4.69, 9.17) is 0 Å². The first-order valence-corrected chi connectivity index (χ1v) is 6.42. The maximum absolute atomic E-state index is 11.7. The smallest absolute Gasteiger partial charge is 0.236 e. The maximum atomic E-state index is 11.7. The number of rotatable bonds is 5. The third kappa shape index (κ3) is 3.61. The van der Waals surface area contributed by atoms with Crippen molar-refractivity contribution in [3.05, 3.63) is 22.4 Å². The second-order valence-electron chi connectivity index (χ2n) is 4.22. The van der Waals surface area contributed by atoms with Crippen molar-refractivity contribution >= 4 is 17.2 Å². The minimum absolute atomic E-state index is 0.137. The number of nitrogens with one attached hydrogen (secondary N) is 1. The fourth-order valence-electron chi connectivity index (χ4n) is 1.29. The summed E-state index contributed by atoms with van der Waals surface area (Å²) in [4.78, 5) is 14.7. The van der Waals surface area contributed by atoms with E-state index in [1.807, 2.05) is 27.0 Å². The lowest BCUT2D eigenvalue weighted by atomic mass is 10.2. The number of nitrogens with zero attached hydrogens (tertiary/aromatic N) is 1. The fourth-order valence-corrected chi connectivity index (χ4v) is 2.05. The molecule has 16 heavy (non-hydrogen) atoms. The number of hydrogen-bond donors (Lipinski definition) is 1. The molecule has 1 rings (SSSR count). The van der Waals surface area contributed by atoms with Crippen LogP contribution in [0.25, 0.3) is 0 Å². The normalized spacial score (nSPS) is 12.8. The Labute approximate surface area is 101 Å². The van der Waals surface area contributed by atoms with E-state index in [0.29, 0.717) is 6.54 Å². The first kappa shape index (κ1) is 13.2. The van der Waals surface area contributed by atoms with E-state index in [9.17, 15) is 4.79 Å². The molecule has 0 aliphatic heterocycles. The molecule has 0 bridgehead atoms. The van der Waals surface area contributed by atoms with Crippen LogP contribution in [0, 0.1) is 0 Å². The monoisotopic (exact) mass is 240 g/mol. The number of carbonyl (C=O) groups excluding carboxylic acids is 1. The maximum Gasteiger partial charge on any atom is 0.236 e. The lowest BCUT2D eigenvalue weighted by Gasteiger charge is -2.22. The molecule has 0 aliphatic carbocycles. The van der Waals surface area contributed by atoms with Gasteiger partial charge in [-0.25, -0.2) is 0 Å². The highest BCUT2D eigenvalue weighted by atomic mass is 32.1. The van der Waals surface area contributed by atoms with Crippen LogP contribution in [0.4, 0.5) is 0 Å². The summed E-state index contributed by atoms with van der Waals surface area (Å²) in [6, 6.07) is 4.61. The third-order valence-corrected chi connectivity index (χ3v) is 3.75. The predicted molar refractivity (Wildman–Crippen MR) is 68.6 cm³/mol. The molecule has 0 fully saturated rings. The van der Waals surface area contributed by atoms with Crippen molar-refractivity contribution in [2.75, 3.05) is 13.6 Å². The molecule has 90 valence electrons. The minimum atomic E-state index is 0.137. The molecule has 1 unspecified atom stereocenters. The highest BCUT2D eigenvalue weighted by Gasteiger charge is 2.13. The van der Waals surface area contributed by atoms with E-state index in [0.717, 1.165) is 0 Å². The first-order chi connectivity index (χ1) is 7.52. The highest BCUT2D eigenvalue weighted by molar-refractivity contribution is 7.10. The summed E-state index contributed by atoms with van der Waals surface area (Å²) in [5, 5.41) is 5.29. The van der Waals surface area contributed by atoms with Gasteiger partial charge in [-0.15, -0.1) is 11.3 Å². The summed E-state index contributed by atoms with van der Waals surface area (Å²) in [6.07, 6.45) is 0. The van der Waals surface area contributed by atoms with Crippen LogP contribution in [0.2, 0.25) is 0 Å². The van der Waals surface area contributed by atoms with Crippen molar-refractivity contribution in [2.45, 2.75) is 32.9 Å². The van der Waals surface area contributed by atoms with Crippen LogP contribution in [0.1, 0.15) is 31.7 Å². The Hall–Kier alpha value is -0.870. The Morgan fingerprint density at radius 1 is 1.50 bits per heavy atom. The SMILES string of the molecule is CC(NCC(=O)N(C)C(C)C)c1cccs1. The lowest BCUT2D eigenvalue weighted by molar-refractivity contribution is -0.130. The Morgan fingerprint density at radius 3 is 2.69 bits per heavy atom. The van der Waals surface area contributed by atoms with Crippen molar-refractivity contribution < 1.29 is 4.79 Å². The molecule has 1 aromatic rings. The molecular formula is C12H20N2OS. The largest absolute Gasteiger partial charge is 0.342 e. The van der Waals surface area contributed by atoms with Gasteiger partial charge in [0, 0.05) is 24.0 Å². The summed E-state index contributed by atoms with van der Waals surface area (Å²) < 4.78 is 0. The van der Waals surface area contributed by atoms with Gasteiger partial charge in [-0.3, -0.25) is 4.79 Å². The van der Waals surface area contributed by atoms with Gasteiger partial charge in [0.15, 0.2) is 0 Å². The number of thiophene rings is 1. The Balaban J connectivity index is 2.37. The standard InChI is InChI=1S/C12H20N2OS/c1-9(2)14(4)12(15)8-13-10(3)11-6-5-7-16-11/h5-7,9-10,13H,8H2,1-4H3. The molecule has 0 aromatic carbocycles. The van der Waals surface area contributed by atoms with Gasteiger partial charge in [0.25, 0.3) is 0 Å². The number of amides is 1. The molecule has 3 nitrogen and oxygen atoms in total. The molecule has 0 aliphatic rings. The van der Waals surface area contributed by atoms with E-state index in [1.54, 1.807) is 16.2 Å². The van der Waals surface area contributed by atoms with Gasteiger partial charge in [-0.2, -0.15) is 0 Å². The molecule has 1 amide bonds. The topological polar surface area (TPSA) is 32.3 Å². The van der Waals surface area contributed by atoms with Gasteiger partial charge in [0.1, 0.15) is 0 Å². The summed E-state index contributed by atoms with van der Waals surface area (Å²) in [5.41, 5.74) is 0. The fraction of sp³-hybridized carbons (Fsp3) is 0.583. The van der Waals surface area contributed by atoms with Crippen LogP contribution < -0.4 is 5.32 Å². The molecule has 0 saturated carbocycles. The van der Waals surface area contributed by atoms with Crippen LogP contribution >= 0.6 is 11.3 Å². The van der Waals surface area contributed by atoms with Gasteiger partial charge in [-0.05, 0) is 32.2 Å². The van der Waals surface area contributed by atoms with Crippen molar-refractivity contribution in [1.29, 1.82) is 0 Å². The summed E-state index contributed by atoms with van der Waals surface area (Å²) in [7, 11) is 1.84. The Kier molecular flexibility index (Phi) is 4.96. The van der Waals surface area contributed by atoms with Crippen molar-refractivity contribution in [1.82, 2.24) is 10.2 Å². The van der Waals surface area contributed by atoms with Crippen molar-refractivity contribution in [3.8, 4) is 0 Å². The zero-order valence-corrected chi connectivity index (χ0v) is 11.2. The average molecular weight is 240 g/mol. The molecular weight excluding hydrogens is 220 g/mol. The van der Waals surface area contributed by atoms with Crippen LogP contribution in [-0.4, -0.2) is 30.4 Å². The molecule has 0 radical (unpaired) electrons. The number of carbonyl (C=O) groups is 1. The summed E-state index contributed by atoms with van der Waals surface area (Å²) in [6.45, 7) is 6.50. The second-order valence-corrected chi connectivity index (χ2v) is 5.20. The molecule has 1 N–H and O–H groups in total. The van der Waals surface area contributed by atoms with Crippen molar-refractivity contribution in [2.24, 2.45) is 0 Å². The lowest BCUT2D eigenvalue weighted by Crippen LogP contribution is -2.39. The zero-order valence-electron chi connectivity index (χ0n) is 10.4. The van der Waals surface area contributed by atoms with E-state index in [1.165, 1.54) is 4.88 Å². The molecule has 0 saturated heterocycles. The average Bonchev–Trinajstić information content (AvgIpc) is 2.77. The van der Waals surface area contributed by atoms with E-state index in [-0.39, 0.29) is 18.0 Å². The molecule has 1 heterocycles. The number of hydrogen-bond acceptors (Lipinski definition) is 3. The minimum Gasteiger partial charge on any atom is -0.342 e. The van der Waals surface area contributed by atoms with Gasteiger partial charge >= 0.3 is 0 Å². The highest BCUT2D eigenvalue weighted by Crippen LogP contribution is 2.17. The van der Waals surface area contributed by atoms with E-state index in [2.05, 4.69) is 23.7 Å². The molecule has 4 heteroatoms. The molecule has 1 aromatic heterocycles.